The number of benzene rings is 2. The molecule has 0 radical (unpaired) electrons. The number of ether oxygens (including phenoxy) is 1. The Labute approximate surface area is 191 Å². The van der Waals surface area contributed by atoms with Gasteiger partial charge in [0.1, 0.15) is 5.75 Å². The van der Waals surface area contributed by atoms with E-state index in [1.54, 1.807) is 25.6 Å². The van der Waals surface area contributed by atoms with E-state index in [-0.39, 0.29) is 0 Å². The molecule has 0 fully saturated rings. The SMILES string of the molecule is CCn1cnc2c(Nc3c(C)cc(/C=C/N)cc3OC)nc(Nc3ccc(C#N)cc3)nc21. The van der Waals surface area contributed by atoms with E-state index in [1.165, 1.54) is 6.20 Å². The van der Waals surface area contributed by atoms with Gasteiger partial charge in [0.2, 0.25) is 5.95 Å². The van der Waals surface area contributed by atoms with Crippen LogP contribution >= 0.6 is 0 Å². The van der Waals surface area contributed by atoms with Crippen molar-refractivity contribution in [2.75, 3.05) is 17.7 Å². The van der Waals surface area contributed by atoms with Crippen LogP contribution < -0.4 is 21.1 Å². The third-order valence-electron chi connectivity index (χ3n) is 5.15. The zero-order valence-electron chi connectivity index (χ0n) is 18.6. The first-order chi connectivity index (χ1) is 16.1. The van der Waals surface area contributed by atoms with Gasteiger partial charge in [-0.15, -0.1) is 0 Å². The maximum absolute atomic E-state index is 9.03. The van der Waals surface area contributed by atoms with Crippen LogP contribution in [0.2, 0.25) is 0 Å². The van der Waals surface area contributed by atoms with Crippen molar-refractivity contribution in [1.82, 2.24) is 19.5 Å². The Morgan fingerprint density at radius 1 is 1.18 bits per heavy atom. The third kappa shape index (κ3) is 4.41. The number of anilines is 4. The number of aromatic nitrogens is 4. The van der Waals surface area contributed by atoms with Gasteiger partial charge in [-0.25, -0.2) is 4.98 Å². The maximum atomic E-state index is 9.03. The minimum absolute atomic E-state index is 0.407. The molecule has 166 valence electrons. The van der Waals surface area contributed by atoms with Crippen LogP contribution in [0.1, 0.15) is 23.6 Å². The summed E-state index contributed by atoms with van der Waals surface area (Å²) < 4.78 is 7.57. The van der Waals surface area contributed by atoms with Gasteiger partial charge in [-0.05, 0) is 73.6 Å². The van der Waals surface area contributed by atoms with Crippen LogP contribution in [0.3, 0.4) is 0 Å². The molecule has 0 atom stereocenters. The highest BCUT2D eigenvalue weighted by molar-refractivity contribution is 5.88. The van der Waals surface area contributed by atoms with Crippen molar-refractivity contribution in [3.05, 3.63) is 65.6 Å². The fourth-order valence-corrected chi connectivity index (χ4v) is 3.50. The molecular weight excluding hydrogens is 416 g/mol. The van der Waals surface area contributed by atoms with Crippen molar-refractivity contribution < 1.29 is 4.74 Å². The van der Waals surface area contributed by atoms with Gasteiger partial charge in [0, 0.05) is 12.2 Å². The van der Waals surface area contributed by atoms with Gasteiger partial charge in [0.25, 0.3) is 0 Å². The topological polar surface area (TPSA) is 127 Å². The number of hydrogen-bond acceptors (Lipinski definition) is 8. The Bertz CT molecular complexity index is 1370. The number of aryl methyl sites for hydroxylation is 2. The molecule has 0 aliphatic carbocycles. The summed E-state index contributed by atoms with van der Waals surface area (Å²) in [4.78, 5) is 13.9. The van der Waals surface area contributed by atoms with E-state index in [1.807, 2.05) is 48.8 Å². The van der Waals surface area contributed by atoms with Gasteiger partial charge < -0.3 is 25.7 Å². The molecule has 2 aromatic carbocycles. The molecule has 9 nitrogen and oxygen atoms in total. The number of nitrogens with one attached hydrogen (secondary N) is 2. The van der Waals surface area contributed by atoms with Crippen molar-refractivity contribution in [3.63, 3.8) is 0 Å². The summed E-state index contributed by atoms with van der Waals surface area (Å²) >= 11 is 0. The molecule has 0 saturated heterocycles. The summed E-state index contributed by atoms with van der Waals surface area (Å²) in [6, 6.07) is 13.1. The number of imidazole rings is 1. The molecule has 0 spiro atoms. The Kier molecular flexibility index (Phi) is 6.09. The van der Waals surface area contributed by atoms with E-state index in [0.29, 0.717) is 40.8 Å². The highest BCUT2D eigenvalue weighted by Gasteiger charge is 2.16. The van der Waals surface area contributed by atoms with Crippen LogP contribution in [0.15, 0.2) is 48.9 Å². The number of nitrogens with zero attached hydrogens (tertiary/aromatic N) is 5. The lowest BCUT2D eigenvalue weighted by Crippen LogP contribution is -2.05. The molecule has 0 bridgehead atoms. The van der Waals surface area contributed by atoms with E-state index in [9.17, 15) is 0 Å². The van der Waals surface area contributed by atoms with Crippen molar-refractivity contribution >= 4 is 40.4 Å². The van der Waals surface area contributed by atoms with E-state index < -0.39 is 0 Å². The van der Waals surface area contributed by atoms with Gasteiger partial charge in [0.15, 0.2) is 17.0 Å². The molecule has 0 aliphatic heterocycles. The van der Waals surface area contributed by atoms with E-state index in [0.717, 1.165) is 22.5 Å². The number of nitrogens with two attached hydrogens (primary N) is 1. The Morgan fingerprint density at radius 2 is 1.97 bits per heavy atom. The first-order valence-electron chi connectivity index (χ1n) is 10.4. The molecule has 2 heterocycles. The van der Waals surface area contributed by atoms with Crippen LogP contribution in [-0.2, 0) is 6.54 Å². The number of hydrogen-bond donors (Lipinski definition) is 3. The van der Waals surface area contributed by atoms with E-state index in [4.69, 9.17) is 20.7 Å². The summed E-state index contributed by atoms with van der Waals surface area (Å²) in [5, 5.41) is 15.6. The maximum Gasteiger partial charge on any atom is 0.231 e. The number of methoxy groups -OCH3 is 1. The van der Waals surface area contributed by atoms with Gasteiger partial charge in [-0.2, -0.15) is 15.2 Å². The third-order valence-corrected chi connectivity index (χ3v) is 5.15. The minimum atomic E-state index is 0.407. The molecule has 0 aliphatic rings. The quantitative estimate of drug-likeness (QED) is 0.385. The van der Waals surface area contributed by atoms with Crippen molar-refractivity contribution in [3.8, 4) is 11.8 Å². The second-order valence-electron chi connectivity index (χ2n) is 7.31. The Hall–Kier alpha value is -4.58. The van der Waals surface area contributed by atoms with Crippen molar-refractivity contribution in [1.29, 1.82) is 5.26 Å². The lowest BCUT2D eigenvalue weighted by molar-refractivity contribution is 0.416. The lowest BCUT2D eigenvalue weighted by atomic mass is 10.1. The molecular formula is C24H24N8O. The summed E-state index contributed by atoms with van der Waals surface area (Å²) in [7, 11) is 1.62. The lowest BCUT2D eigenvalue weighted by Gasteiger charge is -2.16. The fourth-order valence-electron chi connectivity index (χ4n) is 3.50. The zero-order valence-corrected chi connectivity index (χ0v) is 18.6. The van der Waals surface area contributed by atoms with Gasteiger partial charge in [0.05, 0.1) is 30.8 Å². The fraction of sp³-hybridized carbons (Fsp3) is 0.167. The second-order valence-corrected chi connectivity index (χ2v) is 7.31. The summed E-state index contributed by atoms with van der Waals surface area (Å²) in [5.41, 5.74) is 10.9. The Morgan fingerprint density at radius 3 is 2.64 bits per heavy atom. The smallest absolute Gasteiger partial charge is 0.231 e. The standard InChI is InChI=1S/C24H24N8O/c1-4-32-14-27-21-22(29-20-15(2)11-17(9-10-25)12-19(20)33-3)30-24(31-23(21)32)28-18-7-5-16(13-26)6-8-18/h5-12,14H,4,25H2,1-3H3,(H2,28,29,30,31)/b10-9+. The predicted octanol–water partition coefficient (Wildman–Crippen LogP) is 4.45. The largest absolute Gasteiger partial charge is 0.495 e. The van der Waals surface area contributed by atoms with Gasteiger partial charge in [-0.1, -0.05) is 0 Å². The monoisotopic (exact) mass is 440 g/mol. The summed E-state index contributed by atoms with van der Waals surface area (Å²) in [6.45, 7) is 4.73. The normalized spacial score (nSPS) is 11.0. The molecule has 33 heavy (non-hydrogen) atoms. The van der Waals surface area contributed by atoms with Crippen LogP contribution in [-0.4, -0.2) is 26.6 Å². The second kappa shape index (κ2) is 9.28. The number of nitriles is 1. The van der Waals surface area contributed by atoms with Gasteiger partial charge >= 0.3 is 0 Å². The predicted molar refractivity (Wildman–Crippen MR) is 130 cm³/mol. The molecule has 0 amide bonds. The number of fused-ring (bicyclic) bond motifs is 1. The highest BCUT2D eigenvalue weighted by atomic mass is 16.5. The van der Waals surface area contributed by atoms with Crippen LogP contribution in [0, 0.1) is 18.3 Å². The molecule has 4 aromatic rings. The molecule has 0 saturated carbocycles. The zero-order chi connectivity index (χ0) is 23.4. The summed E-state index contributed by atoms with van der Waals surface area (Å²) in [6.07, 6.45) is 5.05. The van der Waals surface area contributed by atoms with E-state index in [2.05, 4.69) is 26.7 Å². The molecule has 0 unspecified atom stereocenters. The average Bonchev–Trinajstić information content (AvgIpc) is 3.24. The highest BCUT2D eigenvalue weighted by Crippen LogP contribution is 2.34. The number of rotatable bonds is 7. The molecule has 4 N–H and O–H groups in total. The first-order valence-corrected chi connectivity index (χ1v) is 10.4. The van der Waals surface area contributed by atoms with Gasteiger partial charge in [-0.3, -0.25) is 0 Å². The average molecular weight is 441 g/mol. The van der Waals surface area contributed by atoms with Crippen LogP contribution in [0.25, 0.3) is 17.2 Å². The molecule has 9 heteroatoms. The van der Waals surface area contributed by atoms with Crippen LogP contribution in [0.4, 0.5) is 23.1 Å². The minimum Gasteiger partial charge on any atom is -0.495 e. The van der Waals surface area contributed by atoms with Crippen molar-refractivity contribution in [2.24, 2.45) is 5.73 Å². The van der Waals surface area contributed by atoms with Crippen LogP contribution in [0.5, 0.6) is 5.75 Å². The molecule has 2 aromatic heterocycles. The Balaban J connectivity index is 1.78. The van der Waals surface area contributed by atoms with E-state index >= 15 is 0 Å². The molecule has 4 rings (SSSR count). The van der Waals surface area contributed by atoms with Crippen molar-refractivity contribution in [2.45, 2.75) is 20.4 Å². The summed E-state index contributed by atoms with van der Waals surface area (Å²) in [5.74, 6) is 1.61. The first kappa shape index (κ1) is 21.6.